The van der Waals surface area contributed by atoms with Gasteiger partial charge < -0.3 is 15.6 Å². The number of hydrogen-bond acceptors (Lipinski definition) is 3. The van der Waals surface area contributed by atoms with Crippen molar-refractivity contribution in [3.8, 4) is 0 Å². The minimum absolute atomic E-state index is 0.0102. The quantitative estimate of drug-likeness (QED) is 0.661. The number of pyridine rings is 1. The van der Waals surface area contributed by atoms with Crippen LogP contribution in [0.1, 0.15) is 22.0 Å². The van der Waals surface area contributed by atoms with E-state index < -0.39 is 12.0 Å². The molecule has 1 aromatic heterocycles. The lowest BCUT2D eigenvalue weighted by molar-refractivity contribution is -0.605. The normalized spacial score (nSPS) is 11.9. The number of benzene rings is 1. The lowest BCUT2D eigenvalue weighted by Gasteiger charge is -2.13. The molecule has 1 unspecified atom stereocenters. The van der Waals surface area contributed by atoms with Gasteiger partial charge in [-0.1, -0.05) is 29.8 Å². The molecule has 0 bridgehead atoms. The minimum Gasteiger partial charge on any atom is -0.619 e. The predicted molar refractivity (Wildman–Crippen MR) is 74.1 cm³/mol. The molecule has 0 fully saturated rings. The Morgan fingerprint density at radius 2 is 2.10 bits per heavy atom. The molecule has 1 amide bonds. The van der Waals surface area contributed by atoms with E-state index in [1.54, 1.807) is 24.3 Å². The van der Waals surface area contributed by atoms with Crippen molar-refractivity contribution >= 4 is 17.5 Å². The average Bonchev–Trinajstić information content (AvgIpc) is 2.45. The van der Waals surface area contributed by atoms with Crippen LogP contribution in [0.3, 0.4) is 0 Å². The Labute approximate surface area is 121 Å². The van der Waals surface area contributed by atoms with Gasteiger partial charge in [-0.25, -0.2) is 0 Å². The topological polar surface area (TPSA) is 76.3 Å². The van der Waals surface area contributed by atoms with Gasteiger partial charge >= 0.3 is 0 Å². The first-order chi connectivity index (χ1) is 9.58. The standard InChI is InChI=1S/C14H13ClN2O3/c15-12-6-2-1-5-11(12)13(18)8-16-14(19)10-4-3-7-17(20)9-10/h1-7,9,13,18H,8H2,(H,16,19). The van der Waals surface area contributed by atoms with Gasteiger partial charge in [0.1, 0.15) is 5.56 Å². The van der Waals surface area contributed by atoms with Crippen LogP contribution >= 0.6 is 11.6 Å². The fourth-order valence-electron chi connectivity index (χ4n) is 1.74. The number of hydrogen-bond donors (Lipinski definition) is 2. The summed E-state index contributed by atoms with van der Waals surface area (Å²) in [6.07, 6.45) is 1.54. The summed E-state index contributed by atoms with van der Waals surface area (Å²) in [7, 11) is 0. The summed E-state index contributed by atoms with van der Waals surface area (Å²) in [4.78, 5) is 11.8. The summed E-state index contributed by atoms with van der Waals surface area (Å²) < 4.78 is 0.541. The molecule has 1 heterocycles. The first-order valence-electron chi connectivity index (χ1n) is 5.97. The number of aliphatic hydroxyl groups excluding tert-OH is 1. The van der Waals surface area contributed by atoms with E-state index in [1.165, 1.54) is 18.3 Å². The number of nitrogens with one attached hydrogen (secondary N) is 1. The number of aliphatic hydroxyl groups is 1. The smallest absolute Gasteiger partial charge is 0.257 e. The summed E-state index contributed by atoms with van der Waals surface area (Å²) in [5, 5.41) is 24.0. The maximum atomic E-state index is 11.8. The zero-order valence-corrected chi connectivity index (χ0v) is 11.2. The first-order valence-corrected chi connectivity index (χ1v) is 6.35. The number of nitrogens with zero attached hydrogens (tertiary/aromatic N) is 1. The molecule has 0 radical (unpaired) electrons. The lowest BCUT2D eigenvalue weighted by atomic mass is 10.1. The lowest BCUT2D eigenvalue weighted by Crippen LogP contribution is -2.32. The molecule has 0 aliphatic heterocycles. The van der Waals surface area contributed by atoms with Gasteiger partial charge in [0.15, 0.2) is 12.4 Å². The summed E-state index contributed by atoms with van der Waals surface area (Å²) >= 11 is 5.95. The van der Waals surface area contributed by atoms with Gasteiger partial charge in [0.25, 0.3) is 5.91 Å². The number of carbonyl (C=O) groups is 1. The van der Waals surface area contributed by atoms with Crippen LogP contribution in [-0.4, -0.2) is 17.6 Å². The van der Waals surface area contributed by atoms with Crippen molar-refractivity contribution in [1.29, 1.82) is 0 Å². The van der Waals surface area contributed by atoms with Crippen LogP contribution in [0.25, 0.3) is 0 Å². The zero-order chi connectivity index (χ0) is 14.5. The highest BCUT2D eigenvalue weighted by molar-refractivity contribution is 6.31. The second-order valence-corrected chi connectivity index (χ2v) is 4.61. The predicted octanol–water partition coefficient (Wildman–Crippen LogP) is 1.44. The van der Waals surface area contributed by atoms with Crippen molar-refractivity contribution in [2.45, 2.75) is 6.10 Å². The van der Waals surface area contributed by atoms with Crippen molar-refractivity contribution in [3.63, 3.8) is 0 Å². The highest BCUT2D eigenvalue weighted by Gasteiger charge is 2.14. The minimum atomic E-state index is -0.907. The van der Waals surface area contributed by atoms with Gasteiger partial charge in [0.2, 0.25) is 0 Å². The van der Waals surface area contributed by atoms with Gasteiger partial charge in [0.05, 0.1) is 6.10 Å². The molecule has 0 spiro atoms. The second kappa shape index (κ2) is 6.36. The van der Waals surface area contributed by atoms with Gasteiger partial charge in [-0.05, 0) is 12.1 Å². The molecule has 104 valence electrons. The van der Waals surface area contributed by atoms with E-state index in [4.69, 9.17) is 11.6 Å². The molecule has 0 aliphatic carbocycles. The van der Waals surface area contributed by atoms with E-state index in [9.17, 15) is 15.1 Å². The van der Waals surface area contributed by atoms with E-state index in [0.29, 0.717) is 15.3 Å². The molecule has 1 aromatic carbocycles. The summed E-state index contributed by atoms with van der Waals surface area (Å²) in [5.41, 5.74) is 0.773. The molecule has 5 nitrogen and oxygen atoms in total. The van der Waals surface area contributed by atoms with Crippen molar-refractivity contribution in [2.24, 2.45) is 0 Å². The van der Waals surface area contributed by atoms with E-state index in [1.807, 2.05) is 0 Å². The third-order valence-electron chi connectivity index (χ3n) is 2.76. The van der Waals surface area contributed by atoms with Crippen molar-refractivity contribution in [2.75, 3.05) is 6.54 Å². The number of amides is 1. The number of carbonyl (C=O) groups excluding carboxylic acids is 1. The van der Waals surface area contributed by atoms with Crippen LogP contribution in [-0.2, 0) is 0 Å². The van der Waals surface area contributed by atoms with E-state index in [0.717, 1.165) is 6.20 Å². The molecular formula is C14H13ClN2O3. The number of halogens is 1. The van der Waals surface area contributed by atoms with Crippen LogP contribution in [0.5, 0.6) is 0 Å². The molecular weight excluding hydrogens is 280 g/mol. The third kappa shape index (κ3) is 3.46. The van der Waals surface area contributed by atoms with E-state index >= 15 is 0 Å². The molecule has 0 saturated carbocycles. The van der Waals surface area contributed by atoms with Crippen LogP contribution in [0.4, 0.5) is 0 Å². The molecule has 1 atom stereocenters. The number of rotatable bonds is 4. The van der Waals surface area contributed by atoms with Crippen molar-refractivity contribution < 1.29 is 14.6 Å². The third-order valence-corrected chi connectivity index (χ3v) is 3.10. The summed E-state index contributed by atoms with van der Waals surface area (Å²) in [6.45, 7) is 0.0102. The Kier molecular flexibility index (Phi) is 4.55. The van der Waals surface area contributed by atoms with Gasteiger partial charge in [-0.3, -0.25) is 4.79 Å². The Morgan fingerprint density at radius 1 is 1.35 bits per heavy atom. The average molecular weight is 293 g/mol. The fourth-order valence-corrected chi connectivity index (χ4v) is 2.00. The van der Waals surface area contributed by atoms with Crippen molar-refractivity contribution in [1.82, 2.24) is 5.32 Å². The highest BCUT2D eigenvalue weighted by Crippen LogP contribution is 2.21. The van der Waals surface area contributed by atoms with E-state index in [2.05, 4.69) is 5.32 Å². The summed E-state index contributed by atoms with van der Waals surface area (Å²) in [5.74, 6) is -0.429. The Hall–Kier alpha value is -2.11. The molecule has 0 saturated heterocycles. The molecule has 2 aromatic rings. The first kappa shape index (κ1) is 14.3. The largest absolute Gasteiger partial charge is 0.619 e. The van der Waals surface area contributed by atoms with Gasteiger partial charge in [-0.15, -0.1) is 0 Å². The zero-order valence-electron chi connectivity index (χ0n) is 10.5. The van der Waals surface area contributed by atoms with Crippen molar-refractivity contribution in [3.05, 3.63) is 70.1 Å². The second-order valence-electron chi connectivity index (χ2n) is 4.20. The van der Waals surface area contributed by atoms with Crippen LogP contribution in [0.15, 0.2) is 48.8 Å². The maximum absolute atomic E-state index is 11.8. The monoisotopic (exact) mass is 292 g/mol. The SMILES string of the molecule is O=C(NCC(O)c1ccccc1Cl)c1ccc[n+]([O-])c1. The highest BCUT2D eigenvalue weighted by atomic mass is 35.5. The summed E-state index contributed by atoms with van der Waals surface area (Å²) in [6, 6.07) is 9.86. The maximum Gasteiger partial charge on any atom is 0.257 e. The Morgan fingerprint density at radius 3 is 2.80 bits per heavy atom. The van der Waals surface area contributed by atoms with Gasteiger partial charge in [0, 0.05) is 23.2 Å². The molecule has 6 heteroatoms. The Bertz CT molecular complexity index is 619. The van der Waals surface area contributed by atoms with Gasteiger partial charge in [-0.2, -0.15) is 4.73 Å². The molecule has 2 rings (SSSR count). The van der Waals surface area contributed by atoms with Crippen LogP contribution in [0, 0.1) is 5.21 Å². The van der Waals surface area contributed by atoms with Crippen LogP contribution < -0.4 is 10.0 Å². The fraction of sp³-hybridized carbons (Fsp3) is 0.143. The molecule has 20 heavy (non-hydrogen) atoms. The van der Waals surface area contributed by atoms with Crippen LogP contribution in [0.2, 0.25) is 5.02 Å². The molecule has 0 aliphatic rings. The Balaban J connectivity index is 1.99. The van der Waals surface area contributed by atoms with E-state index in [-0.39, 0.29) is 12.1 Å². The molecule has 2 N–H and O–H groups in total. The number of aromatic nitrogens is 1.